The molecule has 1 heterocycles. The summed E-state index contributed by atoms with van der Waals surface area (Å²) >= 11 is 0. The molecule has 1 aromatic carbocycles. The summed E-state index contributed by atoms with van der Waals surface area (Å²) in [5.74, 6) is -0.852. The highest BCUT2D eigenvalue weighted by Gasteiger charge is 2.27. The van der Waals surface area contributed by atoms with E-state index in [-0.39, 0.29) is 6.09 Å². The fourth-order valence-corrected chi connectivity index (χ4v) is 3.04. The van der Waals surface area contributed by atoms with Crippen LogP contribution >= 0.6 is 0 Å². The van der Waals surface area contributed by atoms with E-state index in [9.17, 15) is 14.0 Å². The third kappa shape index (κ3) is 7.14. The zero-order valence-corrected chi connectivity index (χ0v) is 18.3. The Labute approximate surface area is 177 Å². The number of nitrogens with two attached hydrogens (primary N) is 1. The van der Waals surface area contributed by atoms with Crippen molar-refractivity contribution in [3.05, 3.63) is 24.0 Å². The predicted molar refractivity (Wildman–Crippen MR) is 116 cm³/mol. The van der Waals surface area contributed by atoms with E-state index in [1.165, 1.54) is 6.07 Å². The minimum Gasteiger partial charge on any atom is -0.444 e. The summed E-state index contributed by atoms with van der Waals surface area (Å²) < 4.78 is 20.1. The van der Waals surface area contributed by atoms with E-state index in [2.05, 4.69) is 17.6 Å². The van der Waals surface area contributed by atoms with Crippen LogP contribution in [-0.2, 0) is 9.53 Å². The number of piperazine rings is 1. The molecule has 1 saturated heterocycles. The van der Waals surface area contributed by atoms with Crippen molar-refractivity contribution in [2.75, 3.05) is 42.9 Å². The standard InChI is InChI=1S/C21H34FN5O3/c1-5-6-9-24-18(23)19(28)25-15-7-8-17(16(22)14-15)26-10-12-27(13-11-26)20(29)30-21(2,3)4/h7-8,14,18,24H,5-6,9-13,23H2,1-4H3,(H,25,28)/t18-/m0/s1. The molecule has 1 aromatic rings. The molecular weight excluding hydrogens is 389 g/mol. The minimum atomic E-state index is -0.847. The first kappa shape index (κ1) is 23.9. The summed E-state index contributed by atoms with van der Waals surface area (Å²) in [5, 5.41) is 5.56. The second-order valence-corrected chi connectivity index (χ2v) is 8.40. The highest BCUT2D eigenvalue weighted by Crippen LogP contribution is 2.24. The Hall–Kier alpha value is -2.39. The number of unbranched alkanes of at least 4 members (excludes halogenated alkanes) is 1. The Morgan fingerprint density at radius 2 is 1.90 bits per heavy atom. The van der Waals surface area contributed by atoms with Crippen molar-refractivity contribution in [3.8, 4) is 0 Å². The van der Waals surface area contributed by atoms with E-state index in [1.54, 1.807) is 17.0 Å². The topological polar surface area (TPSA) is 99.9 Å². The number of carbonyl (C=O) groups excluding carboxylic acids is 2. The van der Waals surface area contributed by atoms with Gasteiger partial charge in [0.2, 0.25) is 0 Å². The molecule has 1 aliphatic rings. The molecule has 0 saturated carbocycles. The van der Waals surface area contributed by atoms with Crippen molar-refractivity contribution in [3.63, 3.8) is 0 Å². The predicted octanol–water partition coefficient (Wildman–Crippen LogP) is 2.50. The van der Waals surface area contributed by atoms with Gasteiger partial charge in [-0.1, -0.05) is 13.3 Å². The van der Waals surface area contributed by atoms with Crippen LogP contribution in [0.5, 0.6) is 0 Å². The summed E-state index contributed by atoms with van der Waals surface area (Å²) in [6.45, 7) is 10.1. The molecule has 4 N–H and O–H groups in total. The van der Waals surface area contributed by atoms with E-state index in [4.69, 9.17) is 10.5 Å². The van der Waals surface area contributed by atoms with Crippen molar-refractivity contribution < 1.29 is 18.7 Å². The highest BCUT2D eigenvalue weighted by atomic mass is 19.1. The van der Waals surface area contributed by atoms with Gasteiger partial charge in [-0.2, -0.15) is 0 Å². The number of nitrogens with zero attached hydrogens (tertiary/aromatic N) is 2. The maximum absolute atomic E-state index is 14.7. The number of rotatable bonds is 7. The minimum absolute atomic E-state index is 0.349. The molecule has 1 aliphatic heterocycles. The average molecular weight is 424 g/mol. The number of nitrogens with one attached hydrogen (secondary N) is 2. The van der Waals surface area contributed by atoms with Crippen LogP contribution in [0.2, 0.25) is 0 Å². The smallest absolute Gasteiger partial charge is 0.410 e. The second kappa shape index (κ2) is 10.6. The SMILES string of the molecule is CCCCN[C@H](N)C(=O)Nc1ccc(N2CCN(C(=O)OC(C)(C)C)CC2)c(F)c1. The fourth-order valence-electron chi connectivity index (χ4n) is 3.04. The van der Waals surface area contributed by atoms with Gasteiger partial charge in [0.25, 0.3) is 5.91 Å². The molecule has 9 heteroatoms. The molecule has 1 fully saturated rings. The Morgan fingerprint density at radius 1 is 1.23 bits per heavy atom. The molecule has 0 aromatic heterocycles. The van der Waals surface area contributed by atoms with Crippen LogP contribution in [0, 0.1) is 5.82 Å². The van der Waals surface area contributed by atoms with Crippen LogP contribution in [0.3, 0.4) is 0 Å². The maximum atomic E-state index is 14.7. The first-order chi connectivity index (χ1) is 14.1. The summed E-state index contributed by atoms with van der Waals surface area (Å²) in [6.07, 6.45) is 0.718. The lowest BCUT2D eigenvalue weighted by Crippen LogP contribution is -2.50. The fraction of sp³-hybridized carbons (Fsp3) is 0.619. The van der Waals surface area contributed by atoms with E-state index >= 15 is 0 Å². The Balaban J connectivity index is 1.90. The molecule has 0 aliphatic carbocycles. The number of benzene rings is 1. The molecule has 168 valence electrons. The first-order valence-corrected chi connectivity index (χ1v) is 10.4. The van der Waals surface area contributed by atoms with Crippen LogP contribution in [0.25, 0.3) is 0 Å². The summed E-state index contributed by atoms with van der Waals surface area (Å²) in [6, 6.07) is 4.56. The molecular formula is C21H34FN5O3. The maximum Gasteiger partial charge on any atom is 0.410 e. The molecule has 30 heavy (non-hydrogen) atoms. The third-order valence-electron chi connectivity index (χ3n) is 4.66. The molecule has 2 amide bonds. The van der Waals surface area contributed by atoms with Crippen molar-refractivity contribution in [1.82, 2.24) is 10.2 Å². The van der Waals surface area contributed by atoms with Crippen molar-refractivity contribution in [2.45, 2.75) is 52.3 Å². The quantitative estimate of drug-likeness (QED) is 0.460. The lowest BCUT2D eigenvalue weighted by molar-refractivity contribution is -0.118. The number of amides is 2. The van der Waals surface area contributed by atoms with Gasteiger partial charge in [0, 0.05) is 31.9 Å². The molecule has 0 radical (unpaired) electrons. The zero-order valence-electron chi connectivity index (χ0n) is 18.3. The molecule has 0 unspecified atom stereocenters. The Morgan fingerprint density at radius 3 is 2.47 bits per heavy atom. The van der Waals surface area contributed by atoms with Gasteiger partial charge in [-0.05, 0) is 51.9 Å². The van der Waals surface area contributed by atoms with Crippen LogP contribution in [0.1, 0.15) is 40.5 Å². The molecule has 0 spiro atoms. The van der Waals surface area contributed by atoms with Crippen LogP contribution in [0.4, 0.5) is 20.6 Å². The molecule has 2 rings (SSSR count). The number of halogens is 1. The summed E-state index contributed by atoms with van der Waals surface area (Å²) in [4.78, 5) is 27.8. The molecule has 1 atom stereocenters. The Bertz CT molecular complexity index is 730. The summed E-state index contributed by atoms with van der Waals surface area (Å²) in [5.41, 5.74) is 6.03. The van der Waals surface area contributed by atoms with Crippen molar-refractivity contribution in [2.24, 2.45) is 5.73 Å². The van der Waals surface area contributed by atoms with Gasteiger partial charge >= 0.3 is 6.09 Å². The van der Waals surface area contributed by atoms with Crippen molar-refractivity contribution in [1.29, 1.82) is 0 Å². The zero-order chi connectivity index (χ0) is 22.3. The van der Waals surface area contributed by atoms with E-state index in [1.807, 2.05) is 25.7 Å². The first-order valence-electron chi connectivity index (χ1n) is 10.4. The second-order valence-electron chi connectivity index (χ2n) is 8.40. The van der Waals surface area contributed by atoms with Gasteiger partial charge in [0.15, 0.2) is 0 Å². The van der Waals surface area contributed by atoms with E-state index in [0.717, 1.165) is 12.8 Å². The number of ether oxygens (including phenoxy) is 1. The molecule has 0 bridgehead atoms. The van der Waals surface area contributed by atoms with Gasteiger partial charge in [0.05, 0.1) is 5.69 Å². The van der Waals surface area contributed by atoms with Gasteiger partial charge in [-0.3, -0.25) is 10.1 Å². The van der Waals surface area contributed by atoms with Crippen LogP contribution in [-0.4, -0.2) is 61.4 Å². The highest BCUT2D eigenvalue weighted by molar-refractivity contribution is 5.94. The lowest BCUT2D eigenvalue weighted by atomic mass is 10.2. The summed E-state index contributed by atoms with van der Waals surface area (Å²) in [7, 11) is 0. The van der Waals surface area contributed by atoms with Gasteiger partial charge in [0.1, 0.15) is 17.6 Å². The average Bonchev–Trinajstić information content (AvgIpc) is 2.67. The monoisotopic (exact) mass is 423 g/mol. The van der Waals surface area contributed by atoms with E-state index < -0.39 is 23.5 Å². The van der Waals surface area contributed by atoms with E-state index in [0.29, 0.717) is 44.1 Å². The van der Waals surface area contributed by atoms with Gasteiger partial charge in [-0.25, -0.2) is 9.18 Å². The van der Waals surface area contributed by atoms with Crippen LogP contribution in [0.15, 0.2) is 18.2 Å². The normalized spacial score (nSPS) is 15.7. The third-order valence-corrected chi connectivity index (χ3v) is 4.66. The van der Waals surface area contributed by atoms with Gasteiger partial charge in [-0.15, -0.1) is 0 Å². The number of anilines is 2. The number of hydrogen-bond acceptors (Lipinski definition) is 6. The Kier molecular flexibility index (Phi) is 8.43. The van der Waals surface area contributed by atoms with Gasteiger partial charge < -0.3 is 25.6 Å². The number of carbonyl (C=O) groups is 2. The van der Waals surface area contributed by atoms with Crippen LogP contribution < -0.4 is 21.3 Å². The molecule has 8 nitrogen and oxygen atoms in total. The largest absolute Gasteiger partial charge is 0.444 e. The van der Waals surface area contributed by atoms with Crippen molar-refractivity contribution >= 4 is 23.4 Å². The lowest BCUT2D eigenvalue weighted by Gasteiger charge is -2.36. The number of hydrogen-bond donors (Lipinski definition) is 3.